The fourth-order valence-electron chi connectivity index (χ4n) is 2.70. The minimum Gasteiger partial charge on any atom is -0.468 e. The van der Waals surface area contributed by atoms with Crippen molar-refractivity contribution in [2.24, 2.45) is 0 Å². The van der Waals surface area contributed by atoms with Gasteiger partial charge in [0.15, 0.2) is 6.61 Å². The Morgan fingerprint density at radius 1 is 1.00 bits per heavy atom. The van der Waals surface area contributed by atoms with Crippen LogP contribution < -0.4 is 15.0 Å². The number of aryl methyl sites for hydroxylation is 1. The molecule has 2 rings (SSSR count). The molecule has 2 aromatic rings. The van der Waals surface area contributed by atoms with Gasteiger partial charge < -0.3 is 9.47 Å². The molecule has 0 aliphatic heterocycles. The zero-order valence-electron chi connectivity index (χ0n) is 19.1. The maximum absolute atomic E-state index is 12.7. The smallest absolute Gasteiger partial charge is 0.446 e. The van der Waals surface area contributed by atoms with Crippen molar-refractivity contribution >= 4 is 29.4 Å². The van der Waals surface area contributed by atoms with Gasteiger partial charge >= 0.3 is 23.9 Å². The predicted molar refractivity (Wildman–Crippen MR) is 119 cm³/mol. The first-order valence-corrected chi connectivity index (χ1v) is 11.2. The van der Waals surface area contributed by atoms with Gasteiger partial charge in [0.1, 0.15) is 6.61 Å². The van der Waals surface area contributed by atoms with Crippen LogP contribution in [0.1, 0.15) is 12.1 Å². The summed E-state index contributed by atoms with van der Waals surface area (Å²) in [6.45, 7) is -0.0889. The van der Waals surface area contributed by atoms with Crippen molar-refractivity contribution in [3.05, 3.63) is 48.8 Å². The number of halogens is 9. The first-order chi connectivity index (χ1) is 17.5. The number of rotatable bonds is 11. The number of thioether (sulfide) groups is 1. The molecule has 0 spiro atoms. The molecule has 0 atom stereocenters. The van der Waals surface area contributed by atoms with E-state index in [-0.39, 0.29) is 47.5 Å². The van der Waals surface area contributed by atoms with E-state index in [1.165, 1.54) is 12.1 Å². The summed E-state index contributed by atoms with van der Waals surface area (Å²) in [5.74, 6) is -1.07. The number of anilines is 2. The Morgan fingerprint density at radius 3 is 2.18 bits per heavy atom. The maximum Gasteiger partial charge on any atom is 0.446 e. The van der Waals surface area contributed by atoms with Crippen LogP contribution in [-0.2, 0) is 11.2 Å². The third-order valence-corrected chi connectivity index (χ3v) is 4.83. The summed E-state index contributed by atoms with van der Waals surface area (Å²) < 4.78 is 121. The zero-order valence-corrected chi connectivity index (χ0v) is 19.9. The van der Waals surface area contributed by atoms with Crippen LogP contribution in [-0.4, -0.2) is 53.7 Å². The second-order valence-electron chi connectivity index (χ2n) is 7.22. The van der Waals surface area contributed by atoms with Gasteiger partial charge in [-0.15, -0.1) is 0 Å². The molecule has 0 aliphatic rings. The monoisotopic (exact) mass is 578 g/mol. The molecule has 17 heteroatoms. The third kappa shape index (κ3) is 11.9. The van der Waals surface area contributed by atoms with Crippen molar-refractivity contribution in [1.29, 1.82) is 0 Å². The summed E-state index contributed by atoms with van der Waals surface area (Å²) in [4.78, 5) is 21.1. The van der Waals surface area contributed by atoms with Crippen molar-refractivity contribution in [3.63, 3.8) is 0 Å². The van der Waals surface area contributed by atoms with Crippen LogP contribution in [0.2, 0.25) is 0 Å². The lowest BCUT2D eigenvalue weighted by atomic mass is 10.2. The summed E-state index contributed by atoms with van der Waals surface area (Å²) >= 11 is -0.364. The van der Waals surface area contributed by atoms with E-state index in [9.17, 15) is 44.3 Å². The summed E-state index contributed by atoms with van der Waals surface area (Å²) in [6.07, 6.45) is -8.28. The lowest BCUT2D eigenvalue weighted by Gasteiger charge is -2.19. The molecule has 38 heavy (non-hydrogen) atoms. The number of ether oxygens (including phenoxy) is 2. The molecule has 0 unspecified atom stereocenters. The van der Waals surface area contributed by atoms with E-state index in [0.717, 1.165) is 29.3 Å². The second-order valence-corrected chi connectivity index (χ2v) is 8.36. The number of carbonyl (C=O) groups is 1. The third-order valence-electron chi connectivity index (χ3n) is 4.10. The first kappa shape index (κ1) is 31.0. The molecule has 2 amide bonds. The number of urea groups is 1. The van der Waals surface area contributed by atoms with Crippen LogP contribution in [0, 0.1) is 0 Å². The molecule has 0 saturated carbocycles. The Kier molecular flexibility index (Phi) is 10.6. The van der Waals surface area contributed by atoms with Gasteiger partial charge in [0, 0.05) is 29.5 Å². The van der Waals surface area contributed by atoms with Crippen LogP contribution in [0.5, 0.6) is 5.88 Å². The van der Waals surface area contributed by atoms with E-state index in [1.54, 1.807) is 0 Å². The van der Waals surface area contributed by atoms with Crippen molar-refractivity contribution in [1.82, 2.24) is 9.97 Å². The van der Waals surface area contributed by atoms with E-state index >= 15 is 0 Å². The van der Waals surface area contributed by atoms with Gasteiger partial charge in [-0.2, -0.15) is 44.5 Å². The average Bonchev–Trinajstić information content (AvgIpc) is 2.77. The molecule has 1 aromatic carbocycles. The van der Waals surface area contributed by atoms with Crippen molar-refractivity contribution in [2.45, 2.75) is 35.6 Å². The number of aromatic nitrogens is 2. The number of hydrogen-bond donors (Lipinski definition) is 1. The number of alkyl halides is 9. The topological polar surface area (TPSA) is 76.6 Å². The standard InChI is InChI=1S/C21H19F9N4O3S/c1-2-34(14-5-7-15(8-6-14)38-21(28,29)30)18(35)33-17-31-13(4-3-9-36-11-19(22,23)24)10-16(32-17)37-12-20(25,26)27/h2,5-8,10H,1,3-4,9,11-12H2,(H,31,32,33,35). The van der Waals surface area contributed by atoms with Crippen molar-refractivity contribution in [2.75, 3.05) is 30.0 Å². The Balaban J connectivity index is 2.16. The van der Waals surface area contributed by atoms with Crippen molar-refractivity contribution < 1.29 is 53.8 Å². The van der Waals surface area contributed by atoms with Crippen LogP contribution in [0.4, 0.5) is 55.9 Å². The molecule has 0 radical (unpaired) electrons. The quantitative estimate of drug-likeness (QED) is 0.181. The molecule has 1 aromatic heterocycles. The SMILES string of the molecule is C=CN(C(=O)Nc1nc(CCCOCC(F)(F)F)cc(OCC(F)(F)F)n1)c1ccc(SC(F)(F)F)cc1. The van der Waals surface area contributed by atoms with E-state index in [0.29, 0.717) is 0 Å². The van der Waals surface area contributed by atoms with E-state index in [2.05, 4.69) is 31.3 Å². The second kappa shape index (κ2) is 13.0. The Morgan fingerprint density at radius 2 is 1.63 bits per heavy atom. The van der Waals surface area contributed by atoms with Crippen LogP contribution in [0.3, 0.4) is 0 Å². The Hall–Kier alpha value is -3.21. The molecular weight excluding hydrogens is 559 g/mol. The number of amides is 2. The van der Waals surface area contributed by atoms with E-state index < -0.39 is 48.9 Å². The largest absolute Gasteiger partial charge is 0.468 e. The molecule has 0 bridgehead atoms. The van der Waals surface area contributed by atoms with E-state index in [4.69, 9.17) is 0 Å². The molecule has 1 N–H and O–H groups in total. The predicted octanol–water partition coefficient (Wildman–Crippen LogP) is 6.72. The van der Waals surface area contributed by atoms with Gasteiger partial charge in [-0.3, -0.25) is 10.2 Å². The highest BCUT2D eigenvalue weighted by Crippen LogP contribution is 2.37. The van der Waals surface area contributed by atoms with Crippen LogP contribution in [0.15, 0.2) is 48.0 Å². The van der Waals surface area contributed by atoms with Gasteiger partial charge in [0.05, 0.1) is 5.69 Å². The van der Waals surface area contributed by atoms with Crippen LogP contribution in [0.25, 0.3) is 0 Å². The number of hydrogen-bond acceptors (Lipinski definition) is 6. The van der Waals surface area contributed by atoms with Crippen LogP contribution >= 0.6 is 11.8 Å². The molecule has 7 nitrogen and oxygen atoms in total. The summed E-state index contributed by atoms with van der Waals surface area (Å²) in [7, 11) is 0. The van der Waals surface area contributed by atoms with Gasteiger partial charge in [-0.05, 0) is 48.9 Å². The van der Waals surface area contributed by atoms with Gasteiger partial charge in [-0.1, -0.05) is 6.58 Å². The van der Waals surface area contributed by atoms with Crippen molar-refractivity contribution in [3.8, 4) is 5.88 Å². The summed E-state index contributed by atoms with van der Waals surface area (Å²) in [5.41, 5.74) is -4.40. The first-order valence-electron chi connectivity index (χ1n) is 10.4. The van der Waals surface area contributed by atoms with E-state index in [1.807, 2.05) is 0 Å². The fraction of sp³-hybridized carbons (Fsp3) is 0.381. The summed E-state index contributed by atoms with van der Waals surface area (Å²) in [6, 6.07) is 4.67. The lowest BCUT2D eigenvalue weighted by Crippen LogP contribution is -2.31. The average molecular weight is 578 g/mol. The maximum atomic E-state index is 12.7. The lowest BCUT2D eigenvalue weighted by molar-refractivity contribution is -0.174. The number of nitrogens with zero attached hydrogens (tertiary/aromatic N) is 3. The number of benzene rings is 1. The Bertz CT molecular complexity index is 1080. The molecule has 0 aliphatic carbocycles. The number of carbonyl (C=O) groups excluding carboxylic acids is 1. The molecule has 0 fully saturated rings. The minimum absolute atomic E-state index is 0.000258. The highest BCUT2D eigenvalue weighted by atomic mass is 32.2. The zero-order chi connectivity index (χ0) is 28.6. The molecule has 1 heterocycles. The number of nitrogens with one attached hydrogen (secondary N) is 1. The summed E-state index contributed by atoms with van der Waals surface area (Å²) in [5, 5.41) is 2.21. The van der Waals surface area contributed by atoms with Gasteiger partial charge in [0.25, 0.3) is 0 Å². The Labute approximate surface area is 214 Å². The fourth-order valence-corrected chi connectivity index (χ4v) is 3.24. The normalized spacial score (nSPS) is 12.2. The van der Waals surface area contributed by atoms with Gasteiger partial charge in [-0.25, -0.2) is 9.78 Å². The molecule has 0 saturated heterocycles. The molecular formula is C21H19F9N4O3S. The minimum atomic E-state index is -4.71. The highest BCUT2D eigenvalue weighted by Gasteiger charge is 2.30. The highest BCUT2D eigenvalue weighted by molar-refractivity contribution is 8.00. The molecule has 210 valence electrons. The van der Waals surface area contributed by atoms with Gasteiger partial charge in [0.2, 0.25) is 11.8 Å².